The molecular formula is C27H22FN3O3. The lowest BCUT2D eigenvalue weighted by atomic mass is 10.1. The average molecular weight is 455 g/mol. The lowest BCUT2D eigenvalue weighted by Gasteiger charge is -2.19. The molecule has 1 aromatic heterocycles. The number of aromatic nitrogens is 1. The Morgan fingerprint density at radius 1 is 0.882 bits per heavy atom. The Bertz CT molecular complexity index is 1270. The first kappa shape index (κ1) is 22.7. The molecule has 170 valence electrons. The molecule has 4 rings (SSSR count). The van der Waals surface area contributed by atoms with Crippen molar-refractivity contribution in [3.05, 3.63) is 126 Å². The number of benzene rings is 3. The van der Waals surface area contributed by atoms with Gasteiger partial charge in [0.2, 0.25) is 11.8 Å². The van der Waals surface area contributed by atoms with Gasteiger partial charge in [0.05, 0.1) is 0 Å². The highest BCUT2D eigenvalue weighted by atomic mass is 19.1. The van der Waals surface area contributed by atoms with E-state index in [2.05, 4.69) is 15.6 Å². The van der Waals surface area contributed by atoms with Gasteiger partial charge in [0.15, 0.2) is 0 Å². The largest absolute Gasteiger partial charge is 0.439 e. The minimum Gasteiger partial charge on any atom is -0.439 e. The number of carbonyl (C=O) groups excluding carboxylic acids is 2. The van der Waals surface area contributed by atoms with Crippen molar-refractivity contribution >= 4 is 11.8 Å². The van der Waals surface area contributed by atoms with Crippen molar-refractivity contribution in [3.8, 4) is 11.6 Å². The van der Waals surface area contributed by atoms with Gasteiger partial charge < -0.3 is 15.4 Å². The summed E-state index contributed by atoms with van der Waals surface area (Å²) in [7, 11) is 0. The third-order valence-corrected chi connectivity index (χ3v) is 5.02. The molecule has 2 amide bonds. The second-order valence-corrected chi connectivity index (χ2v) is 7.43. The molecular weight excluding hydrogens is 433 g/mol. The number of pyridine rings is 1. The van der Waals surface area contributed by atoms with Gasteiger partial charge in [0.25, 0.3) is 5.91 Å². The summed E-state index contributed by atoms with van der Waals surface area (Å²) in [5.41, 5.74) is 1.70. The van der Waals surface area contributed by atoms with Gasteiger partial charge in [-0.2, -0.15) is 0 Å². The monoisotopic (exact) mass is 455 g/mol. The van der Waals surface area contributed by atoms with E-state index in [1.54, 1.807) is 72.9 Å². The molecule has 0 bridgehead atoms. The van der Waals surface area contributed by atoms with Crippen molar-refractivity contribution in [1.29, 1.82) is 0 Å². The fourth-order valence-corrected chi connectivity index (χ4v) is 3.33. The van der Waals surface area contributed by atoms with Crippen LogP contribution in [0.4, 0.5) is 4.39 Å². The van der Waals surface area contributed by atoms with E-state index < -0.39 is 17.8 Å². The second kappa shape index (κ2) is 10.9. The highest BCUT2D eigenvalue weighted by Crippen LogP contribution is 2.23. The van der Waals surface area contributed by atoms with Gasteiger partial charge in [-0.15, -0.1) is 0 Å². The van der Waals surface area contributed by atoms with E-state index in [-0.39, 0.29) is 18.3 Å². The molecule has 0 fully saturated rings. The molecule has 6 nitrogen and oxygen atoms in total. The smallest absolute Gasteiger partial charge is 0.252 e. The number of carbonyl (C=O) groups is 2. The van der Waals surface area contributed by atoms with Crippen LogP contribution in [0.15, 0.2) is 103 Å². The number of hydrogen-bond acceptors (Lipinski definition) is 4. The SMILES string of the molecule is O=C(NC(C(=O)NCc1cccnc1Oc1cccc(F)c1)c1ccccc1)c1ccccc1. The van der Waals surface area contributed by atoms with Crippen LogP contribution in [-0.4, -0.2) is 16.8 Å². The van der Waals surface area contributed by atoms with Crippen molar-refractivity contribution in [3.63, 3.8) is 0 Å². The Balaban J connectivity index is 1.50. The Morgan fingerprint density at radius 2 is 1.62 bits per heavy atom. The van der Waals surface area contributed by atoms with Gasteiger partial charge in [0, 0.05) is 29.9 Å². The lowest BCUT2D eigenvalue weighted by molar-refractivity contribution is -0.123. The Labute approximate surface area is 196 Å². The molecule has 3 aromatic carbocycles. The third kappa shape index (κ3) is 5.83. The summed E-state index contributed by atoms with van der Waals surface area (Å²) in [6, 6.07) is 26.0. The van der Waals surface area contributed by atoms with Crippen molar-refractivity contribution in [1.82, 2.24) is 15.6 Å². The standard InChI is InChI=1S/C27H22FN3O3/c28-22-14-7-15-23(17-22)34-27-21(13-8-16-29-27)18-30-26(33)24(19-9-3-1-4-10-19)31-25(32)20-11-5-2-6-12-20/h1-17,24H,18H2,(H,30,33)(H,31,32). The van der Waals surface area contributed by atoms with Crippen LogP contribution in [0, 0.1) is 5.82 Å². The molecule has 2 N–H and O–H groups in total. The number of halogens is 1. The molecule has 0 saturated heterocycles. The number of nitrogens with zero attached hydrogens (tertiary/aromatic N) is 1. The first-order valence-electron chi connectivity index (χ1n) is 10.7. The Kier molecular flexibility index (Phi) is 7.25. The summed E-state index contributed by atoms with van der Waals surface area (Å²) in [5.74, 6) is -0.637. The van der Waals surface area contributed by atoms with Crippen LogP contribution in [0.2, 0.25) is 0 Å². The maximum atomic E-state index is 13.5. The molecule has 0 radical (unpaired) electrons. The zero-order valence-electron chi connectivity index (χ0n) is 18.1. The van der Waals surface area contributed by atoms with E-state index in [9.17, 15) is 14.0 Å². The van der Waals surface area contributed by atoms with Gasteiger partial charge in [-0.05, 0) is 35.9 Å². The predicted molar refractivity (Wildman–Crippen MR) is 126 cm³/mol. The summed E-state index contributed by atoms with van der Waals surface area (Å²) in [6.45, 7) is 0.0991. The first-order chi connectivity index (χ1) is 16.6. The summed E-state index contributed by atoms with van der Waals surface area (Å²) in [5, 5.41) is 5.65. The van der Waals surface area contributed by atoms with E-state index >= 15 is 0 Å². The zero-order valence-corrected chi connectivity index (χ0v) is 18.1. The Morgan fingerprint density at radius 3 is 2.35 bits per heavy atom. The van der Waals surface area contributed by atoms with Crippen molar-refractivity contribution < 1.29 is 18.7 Å². The van der Waals surface area contributed by atoms with Crippen molar-refractivity contribution in [2.24, 2.45) is 0 Å². The molecule has 1 unspecified atom stereocenters. The van der Waals surface area contributed by atoms with E-state index in [1.165, 1.54) is 18.2 Å². The molecule has 0 spiro atoms. The van der Waals surface area contributed by atoms with Crippen LogP contribution in [0.5, 0.6) is 11.6 Å². The number of nitrogens with one attached hydrogen (secondary N) is 2. The fourth-order valence-electron chi connectivity index (χ4n) is 3.33. The van der Waals surface area contributed by atoms with Crippen LogP contribution in [0.25, 0.3) is 0 Å². The van der Waals surface area contributed by atoms with E-state index in [0.717, 1.165) is 0 Å². The normalized spacial score (nSPS) is 11.3. The zero-order chi connectivity index (χ0) is 23.8. The van der Waals surface area contributed by atoms with Crippen molar-refractivity contribution in [2.75, 3.05) is 0 Å². The number of amides is 2. The van der Waals surface area contributed by atoms with Gasteiger partial charge in [-0.1, -0.05) is 60.7 Å². The van der Waals surface area contributed by atoms with E-state index in [0.29, 0.717) is 22.4 Å². The first-order valence-corrected chi connectivity index (χ1v) is 10.7. The lowest BCUT2D eigenvalue weighted by Crippen LogP contribution is -2.40. The van der Waals surface area contributed by atoms with Crippen LogP contribution in [-0.2, 0) is 11.3 Å². The number of ether oxygens (including phenoxy) is 1. The quantitative estimate of drug-likeness (QED) is 0.400. The van der Waals surface area contributed by atoms with Gasteiger partial charge in [0.1, 0.15) is 17.6 Å². The van der Waals surface area contributed by atoms with Gasteiger partial charge in [-0.25, -0.2) is 9.37 Å². The highest BCUT2D eigenvalue weighted by Gasteiger charge is 2.23. The van der Waals surface area contributed by atoms with Gasteiger partial charge >= 0.3 is 0 Å². The minimum absolute atomic E-state index is 0.0991. The number of rotatable bonds is 8. The maximum Gasteiger partial charge on any atom is 0.252 e. The molecule has 1 heterocycles. The molecule has 0 aliphatic rings. The molecule has 0 saturated carbocycles. The van der Waals surface area contributed by atoms with E-state index in [1.807, 2.05) is 12.1 Å². The molecule has 7 heteroatoms. The van der Waals surface area contributed by atoms with Crippen LogP contribution in [0.1, 0.15) is 27.5 Å². The average Bonchev–Trinajstić information content (AvgIpc) is 2.87. The molecule has 1 atom stereocenters. The van der Waals surface area contributed by atoms with E-state index in [4.69, 9.17) is 4.74 Å². The maximum absolute atomic E-state index is 13.5. The van der Waals surface area contributed by atoms with Crippen LogP contribution >= 0.6 is 0 Å². The summed E-state index contributed by atoms with van der Waals surface area (Å²) in [6.07, 6.45) is 1.55. The second-order valence-electron chi connectivity index (χ2n) is 7.43. The molecule has 0 aliphatic heterocycles. The Hall–Kier alpha value is -4.52. The molecule has 0 aliphatic carbocycles. The van der Waals surface area contributed by atoms with Crippen LogP contribution in [0.3, 0.4) is 0 Å². The van der Waals surface area contributed by atoms with Crippen molar-refractivity contribution in [2.45, 2.75) is 12.6 Å². The molecule has 34 heavy (non-hydrogen) atoms. The van der Waals surface area contributed by atoms with Crippen LogP contribution < -0.4 is 15.4 Å². The fraction of sp³-hybridized carbons (Fsp3) is 0.0741. The minimum atomic E-state index is -0.904. The van der Waals surface area contributed by atoms with Gasteiger partial charge in [-0.3, -0.25) is 9.59 Å². The predicted octanol–water partition coefficient (Wildman–Crippen LogP) is 4.80. The topological polar surface area (TPSA) is 80.3 Å². The third-order valence-electron chi connectivity index (χ3n) is 5.02. The highest BCUT2D eigenvalue weighted by molar-refractivity contribution is 5.97. The number of hydrogen-bond donors (Lipinski definition) is 2. The molecule has 4 aromatic rings. The summed E-state index contributed by atoms with van der Waals surface area (Å²) in [4.78, 5) is 30.1. The summed E-state index contributed by atoms with van der Waals surface area (Å²) >= 11 is 0. The summed E-state index contributed by atoms with van der Waals surface area (Å²) < 4.78 is 19.2.